The average Bonchev–Trinajstić information content (AvgIpc) is 2.58. The van der Waals surface area contributed by atoms with Gasteiger partial charge < -0.3 is 5.32 Å². The highest BCUT2D eigenvalue weighted by Gasteiger charge is 2.07. The Bertz CT molecular complexity index is 786. The van der Waals surface area contributed by atoms with Crippen LogP contribution in [-0.2, 0) is 9.59 Å². The van der Waals surface area contributed by atoms with Crippen molar-refractivity contribution in [2.24, 2.45) is 5.10 Å². The molecule has 0 aromatic heterocycles. The summed E-state index contributed by atoms with van der Waals surface area (Å²) in [6, 6.07) is 11.3. The number of nitrogens with one attached hydrogen (secondary N) is 2. The number of benzene rings is 2. The van der Waals surface area contributed by atoms with Gasteiger partial charge in [-0.05, 0) is 54.8 Å². The van der Waals surface area contributed by atoms with E-state index in [1.54, 1.807) is 12.1 Å². The molecule has 0 heterocycles. The van der Waals surface area contributed by atoms with Crippen LogP contribution in [0.5, 0.6) is 0 Å². The Morgan fingerprint density at radius 3 is 2.36 bits per heavy atom. The Morgan fingerprint density at radius 2 is 1.68 bits per heavy atom. The van der Waals surface area contributed by atoms with Crippen molar-refractivity contribution in [1.29, 1.82) is 0 Å². The first-order valence-corrected chi connectivity index (χ1v) is 7.88. The maximum Gasteiger partial charge on any atom is 0.240 e. The van der Waals surface area contributed by atoms with E-state index >= 15 is 0 Å². The van der Waals surface area contributed by atoms with Gasteiger partial charge in [-0.2, -0.15) is 5.10 Å². The zero-order valence-corrected chi connectivity index (χ0v) is 14.2. The van der Waals surface area contributed by atoms with Crippen LogP contribution in [-0.4, -0.2) is 18.0 Å². The molecule has 0 saturated heterocycles. The van der Waals surface area contributed by atoms with Gasteiger partial charge in [0.05, 0.1) is 6.21 Å². The van der Waals surface area contributed by atoms with E-state index in [1.807, 2.05) is 32.0 Å². The smallest absolute Gasteiger partial charge is 0.240 e. The van der Waals surface area contributed by atoms with E-state index in [9.17, 15) is 14.0 Å². The molecular formula is C19H20FN3O2. The molecule has 2 aromatic rings. The van der Waals surface area contributed by atoms with Crippen LogP contribution in [0, 0.1) is 19.7 Å². The summed E-state index contributed by atoms with van der Waals surface area (Å²) in [7, 11) is 0. The quantitative estimate of drug-likeness (QED) is 0.625. The largest absolute Gasteiger partial charge is 0.326 e. The highest BCUT2D eigenvalue weighted by atomic mass is 19.1. The predicted octanol–water partition coefficient (Wildman–Crippen LogP) is 3.31. The van der Waals surface area contributed by atoms with Gasteiger partial charge in [-0.25, -0.2) is 9.82 Å². The standard InChI is InChI=1S/C19H20FN3O2/c1-13-3-8-17(11-14(13)2)22-18(24)9-10-19(25)23-21-12-15-4-6-16(20)7-5-15/h3-8,11-12H,9-10H2,1-2H3,(H,22,24)(H,23,25)/b21-12-. The number of rotatable bonds is 6. The van der Waals surface area contributed by atoms with E-state index in [1.165, 1.54) is 18.3 Å². The number of amides is 2. The van der Waals surface area contributed by atoms with Crippen LogP contribution in [0.4, 0.5) is 10.1 Å². The number of hydrogen-bond acceptors (Lipinski definition) is 3. The number of nitrogens with zero attached hydrogens (tertiary/aromatic N) is 1. The first kappa shape index (κ1) is 18.3. The molecular weight excluding hydrogens is 321 g/mol. The van der Waals surface area contributed by atoms with Gasteiger partial charge in [0.1, 0.15) is 5.82 Å². The molecule has 6 heteroatoms. The van der Waals surface area contributed by atoms with Crippen LogP contribution < -0.4 is 10.7 Å². The monoisotopic (exact) mass is 341 g/mol. The molecule has 2 N–H and O–H groups in total. The van der Waals surface area contributed by atoms with E-state index in [-0.39, 0.29) is 30.5 Å². The molecule has 0 spiro atoms. The third-order valence-corrected chi connectivity index (χ3v) is 3.64. The van der Waals surface area contributed by atoms with Gasteiger partial charge in [-0.15, -0.1) is 0 Å². The topological polar surface area (TPSA) is 70.6 Å². The van der Waals surface area contributed by atoms with Crippen LogP contribution in [0.25, 0.3) is 0 Å². The molecule has 0 aliphatic heterocycles. The average molecular weight is 341 g/mol. The van der Waals surface area contributed by atoms with Crippen molar-refractivity contribution in [3.63, 3.8) is 0 Å². The summed E-state index contributed by atoms with van der Waals surface area (Å²) in [4.78, 5) is 23.6. The minimum atomic E-state index is -0.367. The third-order valence-electron chi connectivity index (χ3n) is 3.64. The Hall–Kier alpha value is -3.02. The number of anilines is 1. The molecule has 2 amide bonds. The summed E-state index contributed by atoms with van der Waals surface area (Å²) in [6.45, 7) is 3.97. The molecule has 25 heavy (non-hydrogen) atoms. The third kappa shape index (κ3) is 6.18. The summed E-state index contributed by atoms with van der Waals surface area (Å²) in [6.07, 6.45) is 1.49. The van der Waals surface area contributed by atoms with Crippen molar-refractivity contribution in [2.45, 2.75) is 26.7 Å². The number of hydrogen-bond donors (Lipinski definition) is 2. The zero-order chi connectivity index (χ0) is 18.2. The highest BCUT2D eigenvalue weighted by molar-refractivity contribution is 5.93. The molecule has 0 radical (unpaired) electrons. The number of hydrazone groups is 1. The van der Waals surface area contributed by atoms with E-state index in [4.69, 9.17) is 0 Å². The fraction of sp³-hybridized carbons (Fsp3) is 0.211. The van der Waals surface area contributed by atoms with Gasteiger partial charge >= 0.3 is 0 Å². The van der Waals surface area contributed by atoms with E-state index in [0.717, 1.165) is 11.1 Å². The van der Waals surface area contributed by atoms with Gasteiger partial charge in [-0.3, -0.25) is 9.59 Å². The minimum Gasteiger partial charge on any atom is -0.326 e. The van der Waals surface area contributed by atoms with Gasteiger partial charge in [-0.1, -0.05) is 18.2 Å². The van der Waals surface area contributed by atoms with Gasteiger partial charge in [0.25, 0.3) is 0 Å². The summed E-state index contributed by atoms with van der Waals surface area (Å²) in [5, 5.41) is 6.54. The molecule has 2 rings (SSSR count). The predicted molar refractivity (Wildman–Crippen MR) is 95.9 cm³/mol. The highest BCUT2D eigenvalue weighted by Crippen LogP contribution is 2.14. The zero-order valence-electron chi connectivity index (χ0n) is 14.2. The molecule has 0 fully saturated rings. The molecule has 0 bridgehead atoms. The number of carbonyl (C=O) groups is 2. The Morgan fingerprint density at radius 1 is 1.00 bits per heavy atom. The van der Waals surface area contributed by atoms with Crippen LogP contribution in [0.15, 0.2) is 47.6 Å². The first-order valence-electron chi connectivity index (χ1n) is 7.88. The van der Waals surface area contributed by atoms with Crippen molar-refractivity contribution < 1.29 is 14.0 Å². The lowest BCUT2D eigenvalue weighted by molar-refractivity contribution is -0.124. The number of aryl methyl sites for hydroxylation is 2. The lowest BCUT2D eigenvalue weighted by Gasteiger charge is -2.07. The molecule has 0 aliphatic rings. The second-order valence-electron chi connectivity index (χ2n) is 5.69. The number of halogens is 1. The Kier molecular flexibility index (Phi) is 6.39. The molecule has 2 aromatic carbocycles. The molecule has 0 atom stereocenters. The van der Waals surface area contributed by atoms with Gasteiger partial charge in [0, 0.05) is 18.5 Å². The maximum atomic E-state index is 12.8. The van der Waals surface area contributed by atoms with Crippen molar-refractivity contribution in [3.05, 3.63) is 65.0 Å². The maximum absolute atomic E-state index is 12.8. The lowest BCUT2D eigenvalue weighted by atomic mass is 10.1. The van der Waals surface area contributed by atoms with E-state index in [0.29, 0.717) is 11.3 Å². The first-order chi connectivity index (χ1) is 11.9. The molecule has 0 aliphatic carbocycles. The summed E-state index contributed by atoms with van der Waals surface area (Å²) in [5.41, 5.74) is 5.95. The van der Waals surface area contributed by atoms with Crippen LogP contribution >= 0.6 is 0 Å². The molecule has 0 saturated carbocycles. The fourth-order valence-electron chi connectivity index (χ4n) is 2.05. The lowest BCUT2D eigenvalue weighted by Crippen LogP contribution is -2.20. The second kappa shape index (κ2) is 8.73. The van der Waals surface area contributed by atoms with Crippen molar-refractivity contribution in [1.82, 2.24) is 5.43 Å². The summed E-state index contributed by atoms with van der Waals surface area (Å²) < 4.78 is 12.8. The summed E-state index contributed by atoms with van der Waals surface area (Å²) >= 11 is 0. The molecule has 130 valence electrons. The van der Waals surface area contributed by atoms with Crippen molar-refractivity contribution in [3.8, 4) is 0 Å². The van der Waals surface area contributed by atoms with Gasteiger partial charge in [0.15, 0.2) is 0 Å². The van der Waals surface area contributed by atoms with Crippen LogP contribution in [0.3, 0.4) is 0 Å². The Balaban J connectivity index is 1.74. The minimum absolute atomic E-state index is 0.0252. The molecule has 5 nitrogen and oxygen atoms in total. The van der Waals surface area contributed by atoms with E-state index in [2.05, 4.69) is 15.8 Å². The van der Waals surface area contributed by atoms with Crippen molar-refractivity contribution >= 4 is 23.7 Å². The van der Waals surface area contributed by atoms with Crippen LogP contribution in [0.2, 0.25) is 0 Å². The summed E-state index contributed by atoms with van der Waals surface area (Å²) in [5.74, 6) is -0.939. The SMILES string of the molecule is Cc1ccc(NC(=O)CCC(=O)N/N=C\c2ccc(F)cc2)cc1C. The molecule has 0 unspecified atom stereocenters. The van der Waals surface area contributed by atoms with Crippen LogP contribution in [0.1, 0.15) is 29.5 Å². The van der Waals surface area contributed by atoms with Crippen molar-refractivity contribution in [2.75, 3.05) is 5.32 Å². The second-order valence-corrected chi connectivity index (χ2v) is 5.69. The normalized spacial score (nSPS) is 10.7. The number of carbonyl (C=O) groups excluding carboxylic acids is 2. The Labute approximate surface area is 145 Å². The van der Waals surface area contributed by atoms with Gasteiger partial charge in [0.2, 0.25) is 11.8 Å². The fourth-order valence-corrected chi connectivity index (χ4v) is 2.05. The van der Waals surface area contributed by atoms with E-state index < -0.39 is 0 Å².